The number of carboxylic acid groups (broad SMARTS) is 1. The Kier molecular flexibility index (Phi) is 7.24. The van der Waals surface area contributed by atoms with Crippen LogP contribution in [0.1, 0.15) is 24.9 Å². The van der Waals surface area contributed by atoms with Crippen molar-refractivity contribution < 1.29 is 32.5 Å². The molecule has 0 aromatic heterocycles. The van der Waals surface area contributed by atoms with Crippen LogP contribution in [0.15, 0.2) is 47.4 Å². The number of carbonyl (C=O) groups excluding carboxylic acids is 1. The molecule has 28 heavy (non-hydrogen) atoms. The summed E-state index contributed by atoms with van der Waals surface area (Å²) in [5.74, 6) is -0.0711. The van der Waals surface area contributed by atoms with Crippen LogP contribution in [-0.2, 0) is 14.8 Å². The highest BCUT2D eigenvalue weighted by Gasteiger charge is 2.23. The Labute approximate surface area is 164 Å². The second-order valence-electron chi connectivity index (χ2n) is 5.77. The summed E-state index contributed by atoms with van der Waals surface area (Å²) in [5.41, 5.74) is 0.399. The zero-order chi connectivity index (χ0) is 20.7. The van der Waals surface area contributed by atoms with Crippen LogP contribution in [0.25, 0.3) is 0 Å². The van der Waals surface area contributed by atoms with Crippen LogP contribution >= 0.6 is 0 Å². The molecular formula is C19H22NO7S-. The zero-order valence-electron chi connectivity index (χ0n) is 15.8. The summed E-state index contributed by atoms with van der Waals surface area (Å²) in [6.45, 7) is 2.28. The third-order valence-electron chi connectivity index (χ3n) is 3.92. The maximum atomic E-state index is 12.7. The molecule has 1 atom stereocenters. The quantitative estimate of drug-likeness (QED) is 0.629. The van der Waals surface area contributed by atoms with Crippen molar-refractivity contribution in [1.29, 1.82) is 0 Å². The number of carbonyl (C=O) groups is 1. The Morgan fingerprint density at radius 1 is 1.07 bits per heavy atom. The van der Waals surface area contributed by atoms with E-state index < -0.39 is 28.5 Å². The maximum absolute atomic E-state index is 12.7. The first-order valence-electron chi connectivity index (χ1n) is 8.47. The second-order valence-corrected chi connectivity index (χ2v) is 7.48. The summed E-state index contributed by atoms with van der Waals surface area (Å²) in [5, 5.41) is 11.2. The zero-order valence-corrected chi connectivity index (χ0v) is 16.6. The highest BCUT2D eigenvalue weighted by atomic mass is 32.2. The van der Waals surface area contributed by atoms with Gasteiger partial charge in [-0.2, -0.15) is 0 Å². The normalized spacial score (nSPS) is 12.2. The van der Waals surface area contributed by atoms with Gasteiger partial charge in [-0.05, 0) is 48.9 Å². The van der Waals surface area contributed by atoms with Crippen molar-refractivity contribution in [2.24, 2.45) is 0 Å². The molecular weight excluding hydrogens is 386 g/mol. The standard InChI is InChI=1S/C19H23NO7S/c1-4-27-14-6-8-15(9-7-14)28(23,24)20-16(12-19(21)22)13-5-10-17(25-2)18(11-13)26-3/h5-11,16,20H,4,12H2,1-3H3,(H,21,22)/p-1/t16-/m1/s1. The summed E-state index contributed by atoms with van der Waals surface area (Å²) >= 11 is 0. The van der Waals surface area contributed by atoms with E-state index in [4.69, 9.17) is 14.2 Å². The van der Waals surface area contributed by atoms with E-state index >= 15 is 0 Å². The summed E-state index contributed by atoms with van der Waals surface area (Å²) in [6.07, 6.45) is -0.550. The molecule has 8 nitrogen and oxygen atoms in total. The Hall–Kier alpha value is -2.78. The number of carboxylic acids is 1. The minimum absolute atomic E-state index is 0.0141. The molecule has 0 aliphatic heterocycles. The SMILES string of the molecule is CCOc1ccc(S(=O)(=O)N[C@H](CC(=O)[O-])c2ccc(OC)c(OC)c2)cc1. The van der Waals surface area contributed by atoms with Gasteiger partial charge in [0.15, 0.2) is 11.5 Å². The number of methoxy groups -OCH3 is 2. The predicted octanol–water partition coefficient (Wildman–Crippen LogP) is 1.26. The summed E-state index contributed by atoms with van der Waals surface area (Å²) in [7, 11) is -1.10. The van der Waals surface area contributed by atoms with Gasteiger partial charge in [-0.1, -0.05) is 6.07 Å². The number of sulfonamides is 1. The summed E-state index contributed by atoms with van der Waals surface area (Å²) in [4.78, 5) is 11.2. The average Bonchev–Trinajstić information content (AvgIpc) is 2.67. The first-order valence-corrected chi connectivity index (χ1v) is 9.96. The Morgan fingerprint density at radius 2 is 1.71 bits per heavy atom. The summed E-state index contributed by atoms with van der Waals surface area (Å²) < 4.78 is 43.5. The molecule has 2 aromatic rings. The van der Waals surface area contributed by atoms with Gasteiger partial charge in [0.05, 0.1) is 31.8 Å². The molecule has 152 valence electrons. The first-order chi connectivity index (χ1) is 13.3. The Bertz CT molecular complexity index is 910. The van der Waals surface area contributed by atoms with Gasteiger partial charge < -0.3 is 24.1 Å². The molecule has 0 radical (unpaired) electrons. The van der Waals surface area contributed by atoms with Gasteiger partial charge in [-0.3, -0.25) is 0 Å². The molecule has 0 unspecified atom stereocenters. The van der Waals surface area contributed by atoms with Gasteiger partial charge in [0, 0.05) is 12.4 Å². The smallest absolute Gasteiger partial charge is 0.241 e. The largest absolute Gasteiger partial charge is 0.550 e. The lowest BCUT2D eigenvalue weighted by Gasteiger charge is -2.21. The number of nitrogens with one attached hydrogen (secondary N) is 1. The highest BCUT2D eigenvalue weighted by Crippen LogP contribution is 2.31. The van der Waals surface area contributed by atoms with E-state index in [1.807, 2.05) is 6.92 Å². The average molecular weight is 408 g/mol. The molecule has 0 fully saturated rings. The van der Waals surface area contributed by atoms with Crippen LogP contribution in [0.4, 0.5) is 0 Å². The van der Waals surface area contributed by atoms with E-state index in [-0.39, 0.29) is 4.90 Å². The van der Waals surface area contributed by atoms with E-state index in [1.165, 1.54) is 44.6 Å². The van der Waals surface area contributed by atoms with E-state index in [1.54, 1.807) is 12.1 Å². The molecule has 1 N–H and O–H groups in total. The Balaban J connectivity index is 2.34. The van der Waals surface area contributed by atoms with Crippen molar-refractivity contribution in [3.05, 3.63) is 48.0 Å². The van der Waals surface area contributed by atoms with Crippen molar-refractivity contribution in [3.63, 3.8) is 0 Å². The van der Waals surface area contributed by atoms with Crippen molar-refractivity contribution >= 4 is 16.0 Å². The molecule has 9 heteroatoms. The minimum Gasteiger partial charge on any atom is -0.550 e. The van der Waals surface area contributed by atoms with Crippen molar-refractivity contribution in [1.82, 2.24) is 4.72 Å². The first kappa shape index (κ1) is 21.5. The lowest BCUT2D eigenvalue weighted by Crippen LogP contribution is -2.34. The van der Waals surface area contributed by atoms with Gasteiger partial charge in [-0.15, -0.1) is 0 Å². The van der Waals surface area contributed by atoms with Crippen LogP contribution in [-0.4, -0.2) is 35.2 Å². The van der Waals surface area contributed by atoms with Gasteiger partial charge in [0.1, 0.15) is 5.75 Å². The number of benzene rings is 2. The van der Waals surface area contributed by atoms with Gasteiger partial charge >= 0.3 is 0 Å². The fraction of sp³-hybridized carbons (Fsp3) is 0.316. The number of aliphatic carboxylic acids is 1. The van der Waals surface area contributed by atoms with E-state index in [0.717, 1.165) is 0 Å². The number of rotatable bonds is 10. The molecule has 0 amide bonds. The molecule has 0 saturated heterocycles. The molecule has 0 bridgehead atoms. The lowest BCUT2D eigenvalue weighted by atomic mass is 10.0. The monoisotopic (exact) mass is 408 g/mol. The van der Waals surface area contributed by atoms with Crippen molar-refractivity contribution in [2.45, 2.75) is 24.3 Å². The third-order valence-corrected chi connectivity index (χ3v) is 5.41. The maximum Gasteiger partial charge on any atom is 0.241 e. The number of hydrogen-bond acceptors (Lipinski definition) is 7. The van der Waals surface area contributed by atoms with Crippen LogP contribution < -0.4 is 24.0 Å². The van der Waals surface area contributed by atoms with Crippen LogP contribution in [0, 0.1) is 0 Å². The molecule has 0 heterocycles. The Morgan fingerprint density at radius 3 is 2.25 bits per heavy atom. The molecule has 0 saturated carbocycles. The van der Waals surface area contributed by atoms with Crippen LogP contribution in [0.5, 0.6) is 17.2 Å². The number of ether oxygens (including phenoxy) is 3. The minimum atomic E-state index is -3.99. The fourth-order valence-corrected chi connectivity index (χ4v) is 3.83. The highest BCUT2D eigenvalue weighted by molar-refractivity contribution is 7.89. The topological polar surface area (TPSA) is 114 Å². The molecule has 2 aromatic carbocycles. The van der Waals surface area contributed by atoms with Gasteiger partial charge in [0.2, 0.25) is 10.0 Å². The van der Waals surface area contributed by atoms with Crippen molar-refractivity contribution in [3.8, 4) is 17.2 Å². The van der Waals surface area contributed by atoms with Gasteiger partial charge in [-0.25, -0.2) is 13.1 Å². The van der Waals surface area contributed by atoms with Gasteiger partial charge in [0.25, 0.3) is 0 Å². The van der Waals surface area contributed by atoms with Crippen molar-refractivity contribution in [2.75, 3.05) is 20.8 Å². The van der Waals surface area contributed by atoms with E-state index in [0.29, 0.717) is 29.4 Å². The predicted molar refractivity (Wildman–Crippen MR) is 99.8 cm³/mol. The lowest BCUT2D eigenvalue weighted by molar-refractivity contribution is -0.306. The van der Waals surface area contributed by atoms with E-state index in [2.05, 4.69) is 4.72 Å². The summed E-state index contributed by atoms with van der Waals surface area (Å²) in [6, 6.07) is 9.44. The molecule has 0 aliphatic rings. The number of hydrogen-bond donors (Lipinski definition) is 1. The second kappa shape index (κ2) is 9.43. The van der Waals surface area contributed by atoms with Crippen LogP contribution in [0.2, 0.25) is 0 Å². The van der Waals surface area contributed by atoms with E-state index in [9.17, 15) is 18.3 Å². The fourth-order valence-electron chi connectivity index (χ4n) is 2.60. The third kappa shape index (κ3) is 5.37. The molecule has 0 spiro atoms. The molecule has 2 rings (SSSR count). The molecule has 0 aliphatic carbocycles. The van der Waals surface area contributed by atoms with Crippen LogP contribution in [0.3, 0.4) is 0 Å².